The number of nitrogens with two attached hydrogens (primary N) is 1. The number of aryl methyl sites for hydroxylation is 1. The molecule has 0 aromatic carbocycles. The number of hydrogen-bond donors (Lipinski definition) is 1. The first-order chi connectivity index (χ1) is 7.24. The fourth-order valence-electron chi connectivity index (χ4n) is 2.22. The Morgan fingerprint density at radius 3 is 2.73 bits per heavy atom. The largest absolute Gasteiger partial charge is 0.425 e. The summed E-state index contributed by atoms with van der Waals surface area (Å²) in [6.45, 7) is 2.90. The third kappa shape index (κ3) is 2.20. The molecule has 2 rings (SSSR count). The molecule has 1 aromatic heterocycles. The van der Waals surface area contributed by atoms with Gasteiger partial charge in [0.05, 0.1) is 0 Å². The maximum Gasteiger partial charge on any atom is 0.222 e. The fraction of sp³-hybridized carbons (Fsp3) is 0.818. The highest BCUT2D eigenvalue weighted by atomic mass is 16.4. The normalized spacial score (nSPS) is 19.6. The number of aromatic nitrogens is 2. The average Bonchev–Trinajstić information content (AvgIpc) is 2.84. The average molecular weight is 209 g/mol. The van der Waals surface area contributed by atoms with Gasteiger partial charge in [-0.1, -0.05) is 19.8 Å². The van der Waals surface area contributed by atoms with Gasteiger partial charge >= 0.3 is 0 Å². The van der Waals surface area contributed by atoms with E-state index in [1.54, 1.807) is 0 Å². The molecule has 0 bridgehead atoms. The van der Waals surface area contributed by atoms with Gasteiger partial charge in [0.15, 0.2) is 0 Å². The van der Waals surface area contributed by atoms with Gasteiger partial charge in [0, 0.05) is 11.8 Å². The number of nitrogens with zero attached hydrogens (tertiary/aromatic N) is 2. The van der Waals surface area contributed by atoms with E-state index in [0.29, 0.717) is 6.54 Å². The van der Waals surface area contributed by atoms with Crippen LogP contribution >= 0.6 is 0 Å². The summed E-state index contributed by atoms with van der Waals surface area (Å²) in [5.74, 6) is 1.57. The molecule has 0 amide bonds. The van der Waals surface area contributed by atoms with Gasteiger partial charge in [-0.05, 0) is 25.8 Å². The second-order valence-electron chi connectivity index (χ2n) is 4.66. The van der Waals surface area contributed by atoms with Crippen LogP contribution in [-0.4, -0.2) is 16.7 Å². The molecule has 1 saturated carbocycles. The molecular weight excluding hydrogens is 190 g/mol. The van der Waals surface area contributed by atoms with E-state index in [1.807, 2.05) is 0 Å². The van der Waals surface area contributed by atoms with Crippen molar-refractivity contribution in [2.45, 2.75) is 50.9 Å². The van der Waals surface area contributed by atoms with Crippen molar-refractivity contribution in [1.29, 1.82) is 0 Å². The quantitative estimate of drug-likeness (QED) is 0.821. The van der Waals surface area contributed by atoms with E-state index in [1.165, 1.54) is 25.7 Å². The summed E-state index contributed by atoms with van der Waals surface area (Å²) in [6, 6.07) is 0. The van der Waals surface area contributed by atoms with Gasteiger partial charge in [0.25, 0.3) is 0 Å². The molecule has 2 N–H and O–H groups in total. The Kier molecular flexibility index (Phi) is 3.05. The third-order valence-corrected chi connectivity index (χ3v) is 3.29. The van der Waals surface area contributed by atoms with E-state index in [2.05, 4.69) is 17.1 Å². The Hall–Kier alpha value is -0.900. The zero-order valence-corrected chi connectivity index (χ0v) is 9.33. The number of rotatable bonds is 4. The van der Waals surface area contributed by atoms with Crippen LogP contribution in [0.5, 0.6) is 0 Å². The van der Waals surface area contributed by atoms with Crippen LogP contribution in [0.15, 0.2) is 4.42 Å². The molecule has 0 unspecified atom stereocenters. The first-order valence-electron chi connectivity index (χ1n) is 5.77. The van der Waals surface area contributed by atoms with Gasteiger partial charge in [-0.25, -0.2) is 0 Å². The molecule has 1 aromatic rings. The van der Waals surface area contributed by atoms with E-state index in [0.717, 1.165) is 24.6 Å². The summed E-state index contributed by atoms with van der Waals surface area (Å²) in [5, 5.41) is 8.24. The lowest BCUT2D eigenvalue weighted by atomic mass is 9.89. The lowest BCUT2D eigenvalue weighted by Crippen LogP contribution is -2.17. The van der Waals surface area contributed by atoms with Crippen molar-refractivity contribution >= 4 is 0 Å². The van der Waals surface area contributed by atoms with E-state index >= 15 is 0 Å². The Bertz CT molecular complexity index is 315. The van der Waals surface area contributed by atoms with Crippen molar-refractivity contribution in [3.63, 3.8) is 0 Å². The van der Waals surface area contributed by atoms with Gasteiger partial charge in [0.1, 0.15) is 0 Å². The van der Waals surface area contributed by atoms with Crippen LogP contribution in [0.4, 0.5) is 0 Å². The molecule has 0 atom stereocenters. The van der Waals surface area contributed by atoms with Crippen molar-refractivity contribution in [2.75, 3.05) is 6.54 Å². The molecule has 15 heavy (non-hydrogen) atoms. The van der Waals surface area contributed by atoms with Crippen molar-refractivity contribution in [1.82, 2.24) is 10.2 Å². The van der Waals surface area contributed by atoms with E-state index in [9.17, 15) is 0 Å². The minimum atomic E-state index is 0.133. The Morgan fingerprint density at radius 1 is 1.33 bits per heavy atom. The highest BCUT2D eigenvalue weighted by molar-refractivity contribution is 5.04. The zero-order chi connectivity index (χ0) is 10.7. The standard InChI is InChI=1S/C11H19N3O/c1-11(6-2-3-7-11)10-14-13-9(15-10)5-4-8-12/h2-8,12H2,1H3. The predicted octanol–water partition coefficient (Wildman–Crippen LogP) is 1.79. The third-order valence-electron chi connectivity index (χ3n) is 3.29. The minimum Gasteiger partial charge on any atom is -0.425 e. The molecule has 1 fully saturated rings. The lowest BCUT2D eigenvalue weighted by molar-refractivity contribution is 0.335. The summed E-state index contributed by atoms with van der Waals surface area (Å²) in [4.78, 5) is 0. The SMILES string of the molecule is CC1(c2nnc(CCCN)o2)CCCC1. The van der Waals surface area contributed by atoms with Crippen molar-refractivity contribution < 1.29 is 4.42 Å². The predicted molar refractivity (Wildman–Crippen MR) is 57.5 cm³/mol. The summed E-state index contributed by atoms with van der Waals surface area (Å²) < 4.78 is 5.69. The molecule has 0 spiro atoms. The van der Waals surface area contributed by atoms with Crippen LogP contribution in [0.2, 0.25) is 0 Å². The molecule has 0 aliphatic heterocycles. The molecule has 0 radical (unpaired) electrons. The van der Waals surface area contributed by atoms with Crippen LogP contribution < -0.4 is 5.73 Å². The number of hydrogen-bond acceptors (Lipinski definition) is 4. The molecule has 1 aliphatic rings. The summed E-state index contributed by atoms with van der Waals surface area (Å²) in [5.41, 5.74) is 5.57. The molecular formula is C11H19N3O. The molecule has 1 heterocycles. The minimum absolute atomic E-state index is 0.133. The maximum absolute atomic E-state index is 5.69. The van der Waals surface area contributed by atoms with E-state index in [4.69, 9.17) is 10.2 Å². The van der Waals surface area contributed by atoms with Gasteiger partial charge < -0.3 is 10.2 Å². The first kappa shape index (κ1) is 10.6. The van der Waals surface area contributed by atoms with Gasteiger partial charge in [-0.3, -0.25) is 0 Å². The summed E-state index contributed by atoms with van der Waals surface area (Å²) in [7, 11) is 0. The maximum atomic E-state index is 5.69. The van der Waals surface area contributed by atoms with Crippen LogP contribution in [0.1, 0.15) is 50.8 Å². The van der Waals surface area contributed by atoms with Crippen molar-refractivity contribution in [3.8, 4) is 0 Å². The highest BCUT2D eigenvalue weighted by Gasteiger charge is 2.35. The van der Waals surface area contributed by atoms with Crippen LogP contribution in [-0.2, 0) is 11.8 Å². The van der Waals surface area contributed by atoms with E-state index in [-0.39, 0.29) is 5.41 Å². The summed E-state index contributed by atoms with van der Waals surface area (Å²) in [6.07, 6.45) is 6.61. The van der Waals surface area contributed by atoms with Gasteiger partial charge in [0.2, 0.25) is 11.8 Å². The topological polar surface area (TPSA) is 64.9 Å². The fourth-order valence-corrected chi connectivity index (χ4v) is 2.22. The molecule has 4 heteroatoms. The van der Waals surface area contributed by atoms with Crippen LogP contribution in [0.3, 0.4) is 0 Å². The van der Waals surface area contributed by atoms with Gasteiger partial charge in [-0.15, -0.1) is 10.2 Å². The second kappa shape index (κ2) is 4.31. The molecule has 84 valence electrons. The smallest absolute Gasteiger partial charge is 0.222 e. The Morgan fingerprint density at radius 2 is 2.07 bits per heavy atom. The second-order valence-corrected chi connectivity index (χ2v) is 4.66. The van der Waals surface area contributed by atoms with Crippen molar-refractivity contribution in [2.24, 2.45) is 5.73 Å². The summed E-state index contributed by atoms with van der Waals surface area (Å²) >= 11 is 0. The van der Waals surface area contributed by atoms with Crippen molar-refractivity contribution in [3.05, 3.63) is 11.8 Å². The Labute approximate surface area is 90.3 Å². The molecule has 1 aliphatic carbocycles. The molecule has 0 saturated heterocycles. The van der Waals surface area contributed by atoms with E-state index < -0.39 is 0 Å². The zero-order valence-electron chi connectivity index (χ0n) is 9.33. The molecule has 4 nitrogen and oxygen atoms in total. The monoisotopic (exact) mass is 209 g/mol. The first-order valence-corrected chi connectivity index (χ1v) is 5.77. The Balaban J connectivity index is 2.05. The van der Waals surface area contributed by atoms with Crippen LogP contribution in [0.25, 0.3) is 0 Å². The van der Waals surface area contributed by atoms with Crippen LogP contribution in [0, 0.1) is 0 Å². The van der Waals surface area contributed by atoms with Gasteiger partial charge in [-0.2, -0.15) is 0 Å². The lowest BCUT2D eigenvalue weighted by Gasteiger charge is -2.17. The highest BCUT2D eigenvalue weighted by Crippen LogP contribution is 2.39.